The minimum Gasteiger partial charge on any atom is -0.295 e. The molecule has 41 heavy (non-hydrogen) atoms. The van der Waals surface area contributed by atoms with E-state index in [9.17, 15) is 24.6 Å². The molecule has 0 spiro atoms. The lowest BCUT2D eigenvalue weighted by Gasteiger charge is -2.28. The molecule has 0 fully saturated rings. The Hall–Kier alpha value is -5.75. The van der Waals surface area contributed by atoms with Crippen LogP contribution in [0.25, 0.3) is 0 Å². The van der Waals surface area contributed by atoms with Gasteiger partial charge in [-0.15, -0.1) is 0 Å². The quantitative estimate of drug-likeness (QED) is 0.210. The van der Waals surface area contributed by atoms with Crippen LogP contribution in [0.2, 0.25) is 0 Å². The fraction of sp³-hybridized carbons (Fsp3) is 0. The number of nitrogens with one attached hydrogen (secondary N) is 1. The van der Waals surface area contributed by atoms with Crippen molar-refractivity contribution >= 4 is 40.3 Å². The molecule has 0 saturated carbocycles. The molecule has 6 nitrogen and oxygen atoms in total. The first-order valence-electron chi connectivity index (χ1n) is 13.0. The smallest absolute Gasteiger partial charge is 0.194 e. The number of ketones is 4. The first kappa shape index (κ1) is 24.3. The maximum atomic E-state index is 13.5. The van der Waals surface area contributed by atoms with E-state index < -0.39 is 0 Å². The van der Waals surface area contributed by atoms with E-state index in [4.69, 9.17) is 0 Å². The van der Waals surface area contributed by atoms with Gasteiger partial charge >= 0.3 is 0 Å². The van der Waals surface area contributed by atoms with Gasteiger partial charge < -0.3 is 0 Å². The van der Waals surface area contributed by atoms with Crippen LogP contribution in [-0.4, -0.2) is 29.0 Å². The van der Waals surface area contributed by atoms with Gasteiger partial charge in [0.25, 0.3) is 0 Å². The maximum absolute atomic E-state index is 13.5. The molecule has 2 aliphatic carbocycles. The predicted molar refractivity (Wildman–Crippen MR) is 155 cm³/mol. The highest BCUT2D eigenvalue weighted by molar-refractivity contribution is 6.30. The van der Waals surface area contributed by atoms with E-state index >= 15 is 0 Å². The monoisotopic (exact) mass is 532 g/mol. The zero-order chi connectivity index (χ0) is 28.2. The van der Waals surface area contributed by atoms with Gasteiger partial charge in [-0.3, -0.25) is 29.5 Å². The summed E-state index contributed by atoms with van der Waals surface area (Å²) in [5, 5.41) is 9.18. The molecule has 5 aromatic carbocycles. The Morgan fingerprint density at radius 2 is 0.756 bits per heavy atom. The first-order valence-corrected chi connectivity index (χ1v) is 13.0. The number of nitrogens with zero attached hydrogens (tertiary/aromatic N) is 1. The van der Waals surface area contributed by atoms with E-state index in [0.717, 1.165) is 0 Å². The van der Waals surface area contributed by atoms with Crippen LogP contribution in [0.1, 0.15) is 69.2 Å². The molecule has 7 rings (SSSR count). The van der Waals surface area contributed by atoms with Gasteiger partial charge in [-0.1, -0.05) is 78.9 Å². The summed E-state index contributed by atoms with van der Waals surface area (Å²) in [6.07, 6.45) is 0. The molecule has 0 aromatic heterocycles. The average molecular weight is 533 g/mol. The molecule has 0 atom stereocenters. The Morgan fingerprint density at radius 1 is 0.415 bits per heavy atom. The normalized spacial score (nSPS) is 13.2. The standard InChI is InChI=1S/C35H20N2O4/c36-35(20-8-2-1-3-9-20)37(21-14-16-27-29(18-21)33(40)25-12-6-4-10-23(25)31(27)38)22-15-17-28-30(19-22)34(41)26-13-7-5-11-24(26)32(28)39/h1-19,36H. The van der Waals surface area contributed by atoms with Crippen molar-refractivity contribution in [1.82, 2.24) is 0 Å². The molecule has 0 amide bonds. The fourth-order valence-electron chi connectivity index (χ4n) is 5.59. The van der Waals surface area contributed by atoms with Crippen LogP contribution < -0.4 is 4.90 Å². The second-order valence-electron chi connectivity index (χ2n) is 9.92. The molecule has 0 bridgehead atoms. The van der Waals surface area contributed by atoms with Crippen LogP contribution in [0, 0.1) is 5.41 Å². The molecule has 0 radical (unpaired) electrons. The van der Waals surface area contributed by atoms with E-state index in [2.05, 4.69) is 0 Å². The van der Waals surface area contributed by atoms with Gasteiger partial charge in [0.05, 0.1) is 0 Å². The van der Waals surface area contributed by atoms with Crippen LogP contribution >= 0.6 is 0 Å². The molecule has 0 aliphatic heterocycles. The van der Waals surface area contributed by atoms with Crippen molar-refractivity contribution in [2.75, 3.05) is 4.90 Å². The Balaban J connectivity index is 1.39. The SMILES string of the molecule is N=C(c1ccccc1)N(c1ccc2c(c1)C(=O)c1ccccc1C2=O)c1ccc2c(c1)C(=O)c1ccccc1C2=O. The van der Waals surface area contributed by atoms with Crippen molar-refractivity contribution in [2.24, 2.45) is 0 Å². The number of hydrogen-bond acceptors (Lipinski definition) is 5. The van der Waals surface area contributed by atoms with Crippen molar-refractivity contribution in [2.45, 2.75) is 0 Å². The highest BCUT2D eigenvalue weighted by Gasteiger charge is 2.33. The first-order chi connectivity index (χ1) is 19.9. The van der Waals surface area contributed by atoms with Crippen molar-refractivity contribution in [3.05, 3.63) is 165 Å². The number of carbonyl (C=O) groups is 4. The van der Waals surface area contributed by atoms with Crippen molar-refractivity contribution in [3.63, 3.8) is 0 Å². The number of amidine groups is 1. The van der Waals surface area contributed by atoms with Crippen LogP contribution in [0.4, 0.5) is 11.4 Å². The van der Waals surface area contributed by atoms with E-state index in [1.165, 1.54) is 0 Å². The second-order valence-corrected chi connectivity index (χ2v) is 9.92. The summed E-state index contributed by atoms with van der Waals surface area (Å²) in [4.78, 5) is 55.0. The largest absolute Gasteiger partial charge is 0.295 e. The second kappa shape index (κ2) is 9.17. The van der Waals surface area contributed by atoms with Crippen LogP contribution in [0.5, 0.6) is 0 Å². The van der Waals surface area contributed by atoms with Crippen molar-refractivity contribution < 1.29 is 19.2 Å². The summed E-state index contributed by atoms with van der Waals surface area (Å²) in [7, 11) is 0. The number of rotatable bonds is 3. The molecule has 6 heteroatoms. The summed E-state index contributed by atoms with van der Waals surface area (Å²) in [5.41, 5.74) is 4.02. The highest BCUT2D eigenvalue weighted by Crippen LogP contribution is 2.36. The molecule has 2 aliphatic rings. The summed E-state index contributed by atoms with van der Waals surface area (Å²) in [5.74, 6) is -0.918. The number of anilines is 2. The third-order valence-corrected chi connectivity index (χ3v) is 7.60. The lowest BCUT2D eigenvalue weighted by Crippen LogP contribution is -2.28. The predicted octanol–water partition coefficient (Wildman–Crippen LogP) is 6.40. The van der Waals surface area contributed by atoms with Gasteiger partial charge in [0.15, 0.2) is 23.1 Å². The summed E-state index contributed by atoms with van der Waals surface area (Å²) < 4.78 is 0. The molecular formula is C35H20N2O4. The molecule has 0 unspecified atom stereocenters. The lowest BCUT2D eigenvalue weighted by atomic mass is 9.83. The van der Waals surface area contributed by atoms with Gasteiger partial charge in [0.1, 0.15) is 5.84 Å². The lowest BCUT2D eigenvalue weighted by molar-refractivity contribution is 0.0979. The zero-order valence-electron chi connectivity index (χ0n) is 21.5. The number of benzene rings is 5. The minimum atomic E-state index is -0.272. The average Bonchev–Trinajstić information content (AvgIpc) is 3.03. The molecule has 194 valence electrons. The minimum absolute atomic E-state index is 0.0930. The summed E-state index contributed by atoms with van der Waals surface area (Å²) in [6, 6.07) is 32.4. The zero-order valence-corrected chi connectivity index (χ0v) is 21.5. The van der Waals surface area contributed by atoms with Crippen molar-refractivity contribution in [1.29, 1.82) is 5.41 Å². The topological polar surface area (TPSA) is 95.4 Å². The van der Waals surface area contributed by atoms with E-state index in [-0.39, 0.29) is 40.1 Å². The molecule has 0 heterocycles. The van der Waals surface area contributed by atoms with Gasteiger partial charge in [-0.2, -0.15) is 0 Å². The number of carbonyl (C=O) groups excluding carboxylic acids is 4. The van der Waals surface area contributed by atoms with Gasteiger partial charge in [-0.25, -0.2) is 0 Å². The van der Waals surface area contributed by atoms with E-state index in [1.807, 2.05) is 18.2 Å². The Bertz CT molecular complexity index is 1870. The third-order valence-electron chi connectivity index (χ3n) is 7.60. The van der Waals surface area contributed by atoms with E-state index in [0.29, 0.717) is 50.3 Å². The highest BCUT2D eigenvalue weighted by atomic mass is 16.1. The molecule has 5 aromatic rings. The van der Waals surface area contributed by atoms with Crippen LogP contribution in [0.3, 0.4) is 0 Å². The van der Waals surface area contributed by atoms with Gasteiger partial charge in [0, 0.05) is 61.4 Å². The van der Waals surface area contributed by atoms with Gasteiger partial charge in [-0.05, 0) is 36.4 Å². The summed E-state index contributed by atoms with van der Waals surface area (Å²) >= 11 is 0. The fourth-order valence-corrected chi connectivity index (χ4v) is 5.59. The summed E-state index contributed by atoms with van der Waals surface area (Å²) in [6.45, 7) is 0. The van der Waals surface area contributed by atoms with Crippen LogP contribution in [-0.2, 0) is 0 Å². The number of fused-ring (bicyclic) bond motifs is 4. The van der Waals surface area contributed by atoms with Gasteiger partial charge in [0.2, 0.25) is 0 Å². The molecular weight excluding hydrogens is 512 g/mol. The number of hydrogen-bond donors (Lipinski definition) is 1. The Morgan fingerprint density at radius 3 is 1.17 bits per heavy atom. The third kappa shape index (κ3) is 3.69. The van der Waals surface area contributed by atoms with Crippen molar-refractivity contribution in [3.8, 4) is 0 Å². The van der Waals surface area contributed by atoms with E-state index in [1.54, 1.807) is 102 Å². The molecule has 1 N–H and O–H groups in total. The molecule has 0 saturated heterocycles. The Labute approximate surface area is 235 Å². The Kier molecular flexibility index (Phi) is 5.44. The maximum Gasteiger partial charge on any atom is 0.194 e. The van der Waals surface area contributed by atoms with Crippen LogP contribution in [0.15, 0.2) is 115 Å².